The van der Waals surface area contributed by atoms with Gasteiger partial charge in [0, 0.05) is 25.6 Å². The fraction of sp³-hybridized carbons (Fsp3) is 0.833. The summed E-state index contributed by atoms with van der Waals surface area (Å²) in [6.45, 7) is 1.43. The molecule has 0 aromatic carbocycles. The molecular formula is C12H21N3O4S. The number of hydrogen-bond donors (Lipinski definition) is 2. The number of carbonyl (C=O) groups is 2. The molecule has 2 aliphatic rings. The van der Waals surface area contributed by atoms with E-state index in [9.17, 15) is 18.0 Å². The highest BCUT2D eigenvalue weighted by atomic mass is 32.2. The molecule has 0 aromatic rings. The van der Waals surface area contributed by atoms with Gasteiger partial charge in [0.05, 0.1) is 11.5 Å². The van der Waals surface area contributed by atoms with Gasteiger partial charge < -0.3 is 16.0 Å². The van der Waals surface area contributed by atoms with Crippen LogP contribution in [0, 0.1) is 11.8 Å². The highest BCUT2D eigenvalue weighted by Gasteiger charge is 2.29. The van der Waals surface area contributed by atoms with E-state index in [2.05, 4.69) is 5.32 Å². The largest absolute Gasteiger partial charge is 0.369 e. The average Bonchev–Trinajstić information content (AvgIpc) is 2.75. The van der Waals surface area contributed by atoms with Crippen LogP contribution in [0.5, 0.6) is 0 Å². The van der Waals surface area contributed by atoms with Crippen molar-refractivity contribution in [3.05, 3.63) is 0 Å². The zero-order valence-electron chi connectivity index (χ0n) is 11.4. The zero-order valence-corrected chi connectivity index (χ0v) is 12.2. The summed E-state index contributed by atoms with van der Waals surface area (Å²) >= 11 is 0. The SMILES string of the molecule is NC(=O)C1CCN(C(=O)NCC2CCS(=O)(=O)C2)CC1. The van der Waals surface area contributed by atoms with Crippen LogP contribution in [0.15, 0.2) is 0 Å². The average molecular weight is 303 g/mol. The maximum atomic E-state index is 11.9. The highest BCUT2D eigenvalue weighted by Crippen LogP contribution is 2.18. The Balaban J connectivity index is 1.72. The molecule has 0 aromatic heterocycles. The molecule has 0 bridgehead atoms. The van der Waals surface area contributed by atoms with Crippen molar-refractivity contribution in [3.8, 4) is 0 Å². The number of amides is 3. The van der Waals surface area contributed by atoms with Crippen LogP contribution >= 0.6 is 0 Å². The lowest BCUT2D eigenvalue weighted by Crippen LogP contribution is -2.47. The third-order valence-electron chi connectivity index (χ3n) is 4.05. The molecule has 2 heterocycles. The van der Waals surface area contributed by atoms with E-state index in [-0.39, 0.29) is 35.3 Å². The minimum Gasteiger partial charge on any atom is -0.369 e. The van der Waals surface area contributed by atoms with Gasteiger partial charge in [-0.15, -0.1) is 0 Å². The summed E-state index contributed by atoms with van der Waals surface area (Å²) < 4.78 is 22.6. The quantitative estimate of drug-likeness (QED) is 0.720. The van der Waals surface area contributed by atoms with Gasteiger partial charge in [-0.3, -0.25) is 4.79 Å². The number of urea groups is 1. The van der Waals surface area contributed by atoms with Crippen molar-refractivity contribution in [1.82, 2.24) is 10.2 Å². The maximum Gasteiger partial charge on any atom is 0.317 e. The van der Waals surface area contributed by atoms with Gasteiger partial charge in [-0.25, -0.2) is 13.2 Å². The first kappa shape index (κ1) is 15.1. The van der Waals surface area contributed by atoms with Gasteiger partial charge in [0.1, 0.15) is 0 Å². The Labute approximate surface area is 118 Å². The van der Waals surface area contributed by atoms with Gasteiger partial charge in [-0.1, -0.05) is 0 Å². The summed E-state index contributed by atoms with van der Waals surface area (Å²) in [7, 11) is -2.90. The van der Waals surface area contributed by atoms with Crippen molar-refractivity contribution in [2.75, 3.05) is 31.1 Å². The Hall–Kier alpha value is -1.31. The predicted molar refractivity (Wildman–Crippen MR) is 73.7 cm³/mol. The van der Waals surface area contributed by atoms with Crippen LogP contribution in [0.2, 0.25) is 0 Å². The van der Waals surface area contributed by atoms with E-state index in [0.717, 1.165) is 0 Å². The molecule has 0 aliphatic carbocycles. The van der Waals surface area contributed by atoms with Crippen LogP contribution < -0.4 is 11.1 Å². The number of primary amides is 1. The lowest BCUT2D eigenvalue weighted by atomic mass is 9.96. The molecule has 8 heteroatoms. The van der Waals surface area contributed by atoms with Crippen molar-refractivity contribution in [3.63, 3.8) is 0 Å². The molecule has 1 unspecified atom stereocenters. The van der Waals surface area contributed by atoms with Gasteiger partial charge in [-0.05, 0) is 25.2 Å². The second kappa shape index (κ2) is 5.99. The highest BCUT2D eigenvalue weighted by molar-refractivity contribution is 7.91. The molecule has 2 rings (SSSR count). The fourth-order valence-electron chi connectivity index (χ4n) is 2.74. The van der Waals surface area contributed by atoms with Crippen LogP contribution in [-0.4, -0.2) is 56.4 Å². The lowest BCUT2D eigenvalue weighted by Gasteiger charge is -2.30. The Bertz CT molecular complexity index is 483. The third-order valence-corrected chi connectivity index (χ3v) is 5.89. The topological polar surface area (TPSA) is 110 Å². The van der Waals surface area contributed by atoms with Crippen molar-refractivity contribution < 1.29 is 18.0 Å². The van der Waals surface area contributed by atoms with Crippen LogP contribution in [0.4, 0.5) is 4.79 Å². The number of hydrogen-bond acceptors (Lipinski definition) is 4. The second-order valence-electron chi connectivity index (χ2n) is 5.62. The minimum absolute atomic E-state index is 0.0205. The Morgan fingerprint density at radius 2 is 1.85 bits per heavy atom. The van der Waals surface area contributed by atoms with Gasteiger partial charge in [0.2, 0.25) is 5.91 Å². The smallest absolute Gasteiger partial charge is 0.317 e. The van der Waals surface area contributed by atoms with Crippen LogP contribution in [0.25, 0.3) is 0 Å². The van der Waals surface area contributed by atoms with Crippen LogP contribution in [0.3, 0.4) is 0 Å². The van der Waals surface area contributed by atoms with E-state index in [4.69, 9.17) is 5.73 Å². The maximum absolute atomic E-state index is 11.9. The number of sulfone groups is 1. The van der Waals surface area contributed by atoms with Crippen LogP contribution in [-0.2, 0) is 14.6 Å². The normalized spacial score (nSPS) is 26.4. The van der Waals surface area contributed by atoms with Crippen molar-refractivity contribution in [2.45, 2.75) is 19.3 Å². The fourth-order valence-corrected chi connectivity index (χ4v) is 4.61. The molecule has 20 heavy (non-hydrogen) atoms. The Kier molecular flexibility index (Phi) is 4.52. The summed E-state index contributed by atoms with van der Waals surface area (Å²) in [5.41, 5.74) is 5.24. The van der Waals surface area contributed by atoms with E-state index in [1.165, 1.54) is 0 Å². The number of carbonyl (C=O) groups excluding carboxylic acids is 2. The zero-order chi connectivity index (χ0) is 14.8. The van der Waals surface area contributed by atoms with Gasteiger partial charge in [0.15, 0.2) is 9.84 Å². The van der Waals surface area contributed by atoms with E-state index in [1.54, 1.807) is 4.90 Å². The number of rotatable bonds is 3. The molecule has 2 aliphatic heterocycles. The van der Waals surface area contributed by atoms with Gasteiger partial charge in [-0.2, -0.15) is 0 Å². The molecule has 3 amide bonds. The number of likely N-dealkylation sites (tertiary alicyclic amines) is 1. The molecular weight excluding hydrogens is 282 g/mol. The van der Waals surface area contributed by atoms with Crippen molar-refractivity contribution in [2.24, 2.45) is 17.6 Å². The van der Waals surface area contributed by atoms with Gasteiger partial charge in [0.25, 0.3) is 0 Å². The standard InChI is InChI=1S/C12H21N3O4S/c13-11(16)10-1-4-15(5-2-10)12(17)14-7-9-3-6-20(18,19)8-9/h9-10H,1-8H2,(H2,13,16)(H,14,17). The number of piperidine rings is 1. The Morgan fingerprint density at radius 1 is 1.20 bits per heavy atom. The molecule has 2 saturated heterocycles. The first-order valence-corrected chi connectivity index (χ1v) is 8.72. The first-order valence-electron chi connectivity index (χ1n) is 6.90. The van der Waals surface area contributed by atoms with E-state index < -0.39 is 9.84 Å². The summed E-state index contributed by atoms with van der Waals surface area (Å²) in [5, 5.41) is 2.78. The van der Waals surface area contributed by atoms with E-state index in [0.29, 0.717) is 38.9 Å². The van der Waals surface area contributed by atoms with Crippen LogP contribution in [0.1, 0.15) is 19.3 Å². The first-order chi connectivity index (χ1) is 9.37. The number of nitrogens with two attached hydrogens (primary N) is 1. The molecule has 0 radical (unpaired) electrons. The third kappa shape index (κ3) is 3.84. The van der Waals surface area contributed by atoms with Crippen molar-refractivity contribution >= 4 is 21.8 Å². The lowest BCUT2D eigenvalue weighted by molar-refractivity contribution is -0.123. The summed E-state index contributed by atoms with van der Waals surface area (Å²) in [4.78, 5) is 24.6. The molecule has 114 valence electrons. The van der Waals surface area contributed by atoms with E-state index in [1.807, 2.05) is 0 Å². The molecule has 0 saturated carbocycles. The summed E-state index contributed by atoms with van der Waals surface area (Å²) in [6.07, 6.45) is 1.81. The minimum atomic E-state index is -2.90. The molecule has 2 fully saturated rings. The second-order valence-corrected chi connectivity index (χ2v) is 7.85. The summed E-state index contributed by atoms with van der Waals surface area (Å²) in [5.74, 6) is -0.0402. The molecule has 3 N–H and O–H groups in total. The number of nitrogens with one attached hydrogen (secondary N) is 1. The molecule has 0 spiro atoms. The monoisotopic (exact) mass is 303 g/mol. The number of nitrogens with zero attached hydrogens (tertiary/aromatic N) is 1. The van der Waals surface area contributed by atoms with Gasteiger partial charge >= 0.3 is 6.03 Å². The Morgan fingerprint density at radius 3 is 2.35 bits per heavy atom. The van der Waals surface area contributed by atoms with E-state index >= 15 is 0 Å². The molecule has 1 atom stereocenters. The summed E-state index contributed by atoms with van der Waals surface area (Å²) in [6, 6.07) is -0.183. The molecule has 7 nitrogen and oxygen atoms in total. The predicted octanol–water partition coefficient (Wildman–Crippen LogP) is -0.672. The van der Waals surface area contributed by atoms with Crippen molar-refractivity contribution in [1.29, 1.82) is 0 Å².